The molecule has 1 amide bonds. The number of carbonyl (C=O) groups excluding carboxylic acids is 1. The zero-order valence-corrected chi connectivity index (χ0v) is 19.9. The first-order valence-corrected chi connectivity index (χ1v) is 11.5. The number of guanidine groups is 1. The lowest BCUT2D eigenvalue weighted by Gasteiger charge is -2.23. The first-order chi connectivity index (χ1) is 14.9. The van der Waals surface area contributed by atoms with Crippen molar-refractivity contribution in [3.63, 3.8) is 0 Å². The Kier molecular flexibility index (Phi) is 8.35. The van der Waals surface area contributed by atoms with Crippen LogP contribution >= 0.6 is 27.5 Å². The first-order valence-electron chi connectivity index (χ1n) is 10.4. The zero-order chi connectivity index (χ0) is 22.4. The van der Waals surface area contributed by atoms with E-state index in [0.29, 0.717) is 23.4 Å². The van der Waals surface area contributed by atoms with Crippen LogP contribution in [0.3, 0.4) is 0 Å². The Labute approximate surface area is 196 Å². The fourth-order valence-corrected chi connectivity index (χ4v) is 4.55. The van der Waals surface area contributed by atoms with Crippen molar-refractivity contribution in [1.82, 2.24) is 5.32 Å². The molecule has 1 fully saturated rings. The number of nitrogens with zero attached hydrogens (tertiary/aromatic N) is 1. The van der Waals surface area contributed by atoms with Gasteiger partial charge >= 0.3 is 0 Å². The van der Waals surface area contributed by atoms with E-state index in [9.17, 15) is 4.79 Å². The van der Waals surface area contributed by atoms with Crippen molar-refractivity contribution < 1.29 is 9.53 Å². The van der Waals surface area contributed by atoms with E-state index >= 15 is 0 Å². The molecule has 5 N–H and O–H groups in total. The Balaban J connectivity index is 1.73. The molecule has 0 spiro atoms. The molecule has 0 atom stereocenters. The van der Waals surface area contributed by atoms with Crippen LogP contribution in [-0.4, -0.2) is 31.1 Å². The van der Waals surface area contributed by atoms with Gasteiger partial charge in [-0.1, -0.05) is 33.6 Å². The van der Waals surface area contributed by atoms with Crippen LogP contribution < -0.4 is 21.5 Å². The van der Waals surface area contributed by atoms with Crippen LogP contribution in [0, 0.1) is 0 Å². The van der Waals surface area contributed by atoms with Crippen molar-refractivity contribution in [2.24, 2.45) is 16.5 Å². The zero-order valence-electron chi connectivity index (χ0n) is 17.5. The van der Waals surface area contributed by atoms with Crippen molar-refractivity contribution in [2.75, 3.05) is 7.11 Å². The number of amides is 1. The van der Waals surface area contributed by atoms with Crippen LogP contribution in [-0.2, 0) is 12.8 Å². The number of methoxy groups -OCH3 is 1. The molecular formula is C23H28BrClN4O2. The fourth-order valence-electron chi connectivity index (χ4n) is 3.87. The summed E-state index contributed by atoms with van der Waals surface area (Å²) in [5, 5.41) is 3.26. The van der Waals surface area contributed by atoms with E-state index in [1.54, 1.807) is 25.3 Å². The first kappa shape index (κ1) is 23.6. The average molecular weight is 508 g/mol. The van der Waals surface area contributed by atoms with Gasteiger partial charge in [0, 0.05) is 21.1 Å². The Bertz CT molecular complexity index is 959. The van der Waals surface area contributed by atoms with Gasteiger partial charge in [-0.05, 0) is 80.0 Å². The Morgan fingerprint density at radius 1 is 1.23 bits per heavy atom. The second-order valence-electron chi connectivity index (χ2n) is 7.76. The third-order valence-corrected chi connectivity index (χ3v) is 6.40. The standard InChI is InChI=1S/C23H28BrClN4O2/c1-31-21-12-6-15(24)13-14(21)5-11-18-19(3-2-4-20(18)25)22(30)29-23(27)28-17-9-7-16(26)8-10-17/h2-4,6,12-13,16-17H,5,7-11,26H2,1H3,(H3,27,28,29,30). The summed E-state index contributed by atoms with van der Waals surface area (Å²) in [5.74, 6) is 0.613. The number of ether oxygens (including phenoxy) is 1. The summed E-state index contributed by atoms with van der Waals surface area (Å²) in [6.07, 6.45) is 4.86. The molecule has 6 nitrogen and oxygen atoms in total. The van der Waals surface area contributed by atoms with Crippen LogP contribution in [0.1, 0.15) is 47.2 Å². The number of carbonyl (C=O) groups is 1. The minimum absolute atomic E-state index is 0.0999. The third-order valence-electron chi connectivity index (χ3n) is 5.55. The van der Waals surface area contributed by atoms with Crippen molar-refractivity contribution in [2.45, 2.75) is 50.6 Å². The summed E-state index contributed by atoms with van der Waals surface area (Å²) in [6.45, 7) is 0. The summed E-state index contributed by atoms with van der Waals surface area (Å²) < 4.78 is 6.42. The highest BCUT2D eigenvalue weighted by atomic mass is 79.9. The number of nitrogens with one attached hydrogen (secondary N) is 1. The van der Waals surface area contributed by atoms with Crippen LogP contribution in [0.15, 0.2) is 45.9 Å². The van der Waals surface area contributed by atoms with Gasteiger partial charge in [0.05, 0.1) is 13.2 Å². The molecule has 166 valence electrons. The number of halogens is 2. The van der Waals surface area contributed by atoms with E-state index in [2.05, 4.69) is 26.2 Å². The Morgan fingerprint density at radius 2 is 1.97 bits per heavy atom. The number of benzene rings is 2. The van der Waals surface area contributed by atoms with E-state index in [1.165, 1.54) is 0 Å². The molecule has 1 aliphatic rings. The predicted molar refractivity (Wildman–Crippen MR) is 129 cm³/mol. The van der Waals surface area contributed by atoms with Gasteiger partial charge in [-0.25, -0.2) is 4.99 Å². The van der Waals surface area contributed by atoms with E-state index in [0.717, 1.165) is 47.0 Å². The Morgan fingerprint density at radius 3 is 2.68 bits per heavy atom. The van der Waals surface area contributed by atoms with Crippen LogP contribution in [0.5, 0.6) is 5.75 Å². The van der Waals surface area contributed by atoms with Gasteiger partial charge in [0.25, 0.3) is 5.91 Å². The van der Waals surface area contributed by atoms with Crippen molar-refractivity contribution in [3.8, 4) is 5.75 Å². The van der Waals surface area contributed by atoms with E-state index < -0.39 is 0 Å². The highest BCUT2D eigenvalue weighted by molar-refractivity contribution is 9.10. The van der Waals surface area contributed by atoms with E-state index in [1.807, 2.05) is 18.2 Å². The molecule has 31 heavy (non-hydrogen) atoms. The highest BCUT2D eigenvalue weighted by Crippen LogP contribution is 2.27. The van der Waals surface area contributed by atoms with Gasteiger partial charge in [0.2, 0.25) is 0 Å². The molecular weight excluding hydrogens is 480 g/mol. The normalized spacial score (nSPS) is 19.2. The molecule has 0 aromatic heterocycles. The third kappa shape index (κ3) is 6.45. The minimum Gasteiger partial charge on any atom is -0.496 e. The molecule has 1 aliphatic carbocycles. The van der Waals surface area contributed by atoms with E-state index in [4.69, 9.17) is 27.8 Å². The van der Waals surface area contributed by atoms with E-state index in [-0.39, 0.29) is 24.0 Å². The summed E-state index contributed by atoms with van der Waals surface area (Å²) >= 11 is 9.95. The van der Waals surface area contributed by atoms with Crippen molar-refractivity contribution >= 4 is 39.4 Å². The van der Waals surface area contributed by atoms with Gasteiger partial charge in [-0.3, -0.25) is 10.1 Å². The molecule has 0 aliphatic heterocycles. The lowest BCUT2D eigenvalue weighted by molar-refractivity contribution is 0.0975. The molecule has 0 bridgehead atoms. The molecule has 8 heteroatoms. The number of nitrogens with two attached hydrogens (primary N) is 2. The van der Waals surface area contributed by atoms with Crippen LogP contribution in [0.25, 0.3) is 0 Å². The fraction of sp³-hybridized carbons (Fsp3) is 0.391. The molecule has 3 rings (SSSR count). The van der Waals surface area contributed by atoms with Gasteiger partial charge in [0.1, 0.15) is 5.75 Å². The van der Waals surface area contributed by atoms with Gasteiger partial charge < -0.3 is 16.2 Å². The maximum atomic E-state index is 12.9. The van der Waals surface area contributed by atoms with Gasteiger partial charge in [-0.2, -0.15) is 0 Å². The predicted octanol–water partition coefficient (Wildman–Crippen LogP) is 4.21. The van der Waals surface area contributed by atoms with Crippen LogP contribution in [0.2, 0.25) is 5.02 Å². The average Bonchev–Trinajstić information content (AvgIpc) is 2.74. The maximum Gasteiger partial charge on any atom is 0.258 e. The second kappa shape index (κ2) is 11.0. The number of hydrogen-bond acceptors (Lipinski definition) is 4. The number of aliphatic imine (C=N–C) groups is 1. The molecule has 0 saturated heterocycles. The second-order valence-corrected chi connectivity index (χ2v) is 9.08. The summed E-state index contributed by atoms with van der Waals surface area (Å²) in [4.78, 5) is 17.4. The molecule has 2 aromatic rings. The monoisotopic (exact) mass is 506 g/mol. The van der Waals surface area contributed by atoms with Crippen LogP contribution in [0.4, 0.5) is 0 Å². The smallest absolute Gasteiger partial charge is 0.258 e. The lowest BCUT2D eigenvalue weighted by Crippen LogP contribution is -2.39. The summed E-state index contributed by atoms with van der Waals surface area (Å²) in [7, 11) is 1.64. The van der Waals surface area contributed by atoms with Crippen molar-refractivity contribution in [1.29, 1.82) is 0 Å². The lowest BCUT2D eigenvalue weighted by atomic mass is 9.92. The molecule has 1 saturated carbocycles. The van der Waals surface area contributed by atoms with Crippen molar-refractivity contribution in [3.05, 3.63) is 62.6 Å². The summed E-state index contributed by atoms with van der Waals surface area (Å²) in [6, 6.07) is 11.5. The molecule has 0 heterocycles. The molecule has 0 unspecified atom stereocenters. The Hall–Kier alpha value is -2.09. The van der Waals surface area contributed by atoms with Gasteiger partial charge in [-0.15, -0.1) is 0 Å². The molecule has 2 aromatic carbocycles. The van der Waals surface area contributed by atoms with Gasteiger partial charge in [0.15, 0.2) is 5.96 Å². The highest BCUT2D eigenvalue weighted by Gasteiger charge is 2.20. The minimum atomic E-state index is -0.313. The number of aryl methyl sites for hydroxylation is 1. The quantitative estimate of drug-likeness (QED) is 0.402. The molecule has 0 radical (unpaired) electrons. The largest absolute Gasteiger partial charge is 0.496 e. The SMILES string of the molecule is COc1ccc(Br)cc1CCc1c(Cl)cccc1C(=O)NC(N)=NC1CCC(N)CC1. The number of hydrogen-bond donors (Lipinski definition) is 3. The maximum absolute atomic E-state index is 12.9. The number of rotatable bonds is 6. The topological polar surface area (TPSA) is 103 Å². The summed E-state index contributed by atoms with van der Waals surface area (Å²) in [5.41, 5.74) is 14.2.